The molecule has 0 radical (unpaired) electrons. The predicted molar refractivity (Wildman–Crippen MR) is 75.7 cm³/mol. The Bertz CT molecular complexity index is 422. The van der Waals surface area contributed by atoms with Gasteiger partial charge in [0.05, 0.1) is 18.2 Å². The molecule has 1 aromatic carbocycles. The van der Waals surface area contributed by atoms with E-state index in [1.807, 2.05) is 18.4 Å². The maximum absolute atomic E-state index is 11.5. The highest BCUT2D eigenvalue weighted by molar-refractivity contribution is 9.10. The number of carbonyl (C=O) groups is 2. The number of carboxylic acid groups (broad SMARTS) is 1. The molecule has 0 aliphatic rings. The lowest BCUT2D eigenvalue weighted by atomic mass is 10.0. The molecule has 98 valence electrons. The lowest BCUT2D eigenvalue weighted by Gasteiger charge is -2.17. The highest BCUT2D eigenvalue weighted by Crippen LogP contribution is 2.19. The smallest absolute Gasteiger partial charge is 0.305 e. The van der Waals surface area contributed by atoms with Crippen molar-refractivity contribution in [2.24, 2.45) is 0 Å². The van der Waals surface area contributed by atoms with Crippen molar-refractivity contribution < 1.29 is 14.7 Å². The first kappa shape index (κ1) is 15.0. The average Bonchev–Trinajstić information content (AvgIpc) is 2.28. The Kier molecular flexibility index (Phi) is 6.21. The van der Waals surface area contributed by atoms with Crippen LogP contribution in [0.2, 0.25) is 0 Å². The molecule has 0 aliphatic carbocycles. The molecular formula is C12H14BrNO3S. The van der Waals surface area contributed by atoms with Gasteiger partial charge in [-0.25, -0.2) is 0 Å². The number of amides is 1. The molecule has 6 heteroatoms. The molecule has 1 unspecified atom stereocenters. The molecule has 1 amide bonds. The van der Waals surface area contributed by atoms with E-state index in [0.717, 1.165) is 10.0 Å². The lowest BCUT2D eigenvalue weighted by molar-refractivity contribution is -0.137. The molecule has 18 heavy (non-hydrogen) atoms. The molecule has 0 aromatic heterocycles. The summed E-state index contributed by atoms with van der Waals surface area (Å²) < 4.78 is 0.913. The SMILES string of the molecule is CSCC(=O)NC(CC(=O)O)c1ccc(Br)cc1. The number of hydrogen-bond acceptors (Lipinski definition) is 3. The fourth-order valence-electron chi connectivity index (χ4n) is 1.49. The first-order chi connectivity index (χ1) is 8.52. The molecule has 0 bridgehead atoms. The van der Waals surface area contributed by atoms with Crippen LogP contribution in [0.5, 0.6) is 0 Å². The molecule has 1 atom stereocenters. The van der Waals surface area contributed by atoms with Crippen molar-refractivity contribution in [2.75, 3.05) is 12.0 Å². The van der Waals surface area contributed by atoms with Crippen molar-refractivity contribution >= 4 is 39.6 Å². The molecule has 0 aliphatic heterocycles. The summed E-state index contributed by atoms with van der Waals surface area (Å²) in [5, 5.41) is 11.6. The largest absolute Gasteiger partial charge is 0.481 e. The minimum atomic E-state index is -0.938. The number of thioether (sulfide) groups is 1. The maximum Gasteiger partial charge on any atom is 0.305 e. The monoisotopic (exact) mass is 331 g/mol. The Morgan fingerprint density at radius 2 is 2.00 bits per heavy atom. The predicted octanol–water partition coefficient (Wildman–Crippen LogP) is 2.44. The normalized spacial score (nSPS) is 11.9. The van der Waals surface area contributed by atoms with Crippen LogP contribution in [0.3, 0.4) is 0 Å². The molecule has 0 spiro atoms. The van der Waals surface area contributed by atoms with E-state index in [-0.39, 0.29) is 12.3 Å². The van der Waals surface area contributed by atoms with Gasteiger partial charge in [-0.2, -0.15) is 11.8 Å². The first-order valence-corrected chi connectivity index (χ1v) is 7.47. The molecular weight excluding hydrogens is 318 g/mol. The Morgan fingerprint density at radius 3 is 2.50 bits per heavy atom. The zero-order valence-corrected chi connectivity index (χ0v) is 12.3. The van der Waals surface area contributed by atoms with Crippen LogP contribution in [0.1, 0.15) is 18.0 Å². The highest BCUT2D eigenvalue weighted by atomic mass is 79.9. The molecule has 0 fully saturated rings. The van der Waals surface area contributed by atoms with E-state index in [9.17, 15) is 9.59 Å². The topological polar surface area (TPSA) is 66.4 Å². The summed E-state index contributed by atoms with van der Waals surface area (Å²) in [6.07, 6.45) is 1.70. The van der Waals surface area contributed by atoms with Crippen molar-refractivity contribution in [3.63, 3.8) is 0 Å². The van der Waals surface area contributed by atoms with Gasteiger partial charge in [-0.1, -0.05) is 28.1 Å². The van der Waals surface area contributed by atoms with Gasteiger partial charge in [0, 0.05) is 4.47 Å². The minimum Gasteiger partial charge on any atom is -0.481 e. The summed E-state index contributed by atoms with van der Waals surface area (Å²) in [7, 11) is 0. The van der Waals surface area contributed by atoms with E-state index >= 15 is 0 Å². The summed E-state index contributed by atoms with van der Waals surface area (Å²) in [6.45, 7) is 0. The summed E-state index contributed by atoms with van der Waals surface area (Å²) >= 11 is 4.72. The van der Waals surface area contributed by atoms with Crippen molar-refractivity contribution in [3.8, 4) is 0 Å². The van der Waals surface area contributed by atoms with E-state index in [4.69, 9.17) is 5.11 Å². The second-order valence-electron chi connectivity index (χ2n) is 3.70. The Hall–Kier alpha value is -1.01. The third kappa shape index (κ3) is 5.10. The van der Waals surface area contributed by atoms with Crippen molar-refractivity contribution in [1.82, 2.24) is 5.32 Å². The second kappa shape index (κ2) is 7.43. The van der Waals surface area contributed by atoms with Crippen molar-refractivity contribution in [1.29, 1.82) is 0 Å². The summed E-state index contributed by atoms with van der Waals surface area (Å²) in [4.78, 5) is 22.4. The third-order valence-corrected chi connectivity index (χ3v) is 3.34. The second-order valence-corrected chi connectivity index (χ2v) is 5.48. The van der Waals surface area contributed by atoms with Crippen LogP contribution in [0, 0.1) is 0 Å². The Labute approximate surface area is 118 Å². The molecule has 0 heterocycles. The molecule has 4 nitrogen and oxygen atoms in total. The van der Waals surface area contributed by atoms with Crippen LogP contribution in [0.4, 0.5) is 0 Å². The van der Waals surface area contributed by atoms with Gasteiger partial charge >= 0.3 is 5.97 Å². The maximum atomic E-state index is 11.5. The fraction of sp³-hybridized carbons (Fsp3) is 0.333. The Balaban J connectivity index is 2.80. The van der Waals surface area contributed by atoms with Gasteiger partial charge in [0.1, 0.15) is 0 Å². The lowest BCUT2D eigenvalue weighted by Crippen LogP contribution is -2.31. The zero-order valence-electron chi connectivity index (χ0n) is 9.85. The van der Waals surface area contributed by atoms with Crippen LogP contribution in [0.25, 0.3) is 0 Å². The van der Waals surface area contributed by atoms with E-state index in [0.29, 0.717) is 5.75 Å². The highest BCUT2D eigenvalue weighted by Gasteiger charge is 2.17. The average molecular weight is 332 g/mol. The van der Waals surface area contributed by atoms with E-state index in [1.165, 1.54) is 11.8 Å². The van der Waals surface area contributed by atoms with Gasteiger partial charge in [0.15, 0.2) is 0 Å². The number of benzene rings is 1. The molecule has 0 saturated heterocycles. The zero-order chi connectivity index (χ0) is 13.5. The number of halogens is 1. The van der Waals surface area contributed by atoms with Crippen molar-refractivity contribution in [3.05, 3.63) is 34.3 Å². The van der Waals surface area contributed by atoms with Crippen molar-refractivity contribution in [2.45, 2.75) is 12.5 Å². The summed E-state index contributed by atoms with van der Waals surface area (Å²) in [5.41, 5.74) is 0.787. The quantitative estimate of drug-likeness (QED) is 0.840. The number of hydrogen-bond donors (Lipinski definition) is 2. The van der Waals surface area contributed by atoms with Crippen LogP contribution in [-0.2, 0) is 9.59 Å². The Morgan fingerprint density at radius 1 is 1.39 bits per heavy atom. The minimum absolute atomic E-state index is 0.123. The van der Waals surface area contributed by atoms with Crippen LogP contribution in [0.15, 0.2) is 28.7 Å². The van der Waals surface area contributed by atoms with Crippen LogP contribution >= 0.6 is 27.7 Å². The summed E-state index contributed by atoms with van der Waals surface area (Å²) in [6, 6.07) is 6.76. The molecule has 2 N–H and O–H groups in total. The number of rotatable bonds is 6. The third-order valence-electron chi connectivity index (χ3n) is 2.26. The van der Waals surface area contributed by atoms with Crippen LogP contribution < -0.4 is 5.32 Å². The molecule has 1 rings (SSSR count). The number of nitrogens with one attached hydrogen (secondary N) is 1. The van der Waals surface area contributed by atoms with E-state index < -0.39 is 12.0 Å². The first-order valence-electron chi connectivity index (χ1n) is 5.28. The van der Waals surface area contributed by atoms with Gasteiger partial charge in [-0.3, -0.25) is 9.59 Å². The summed E-state index contributed by atoms with van der Waals surface area (Å²) in [5.74, 6) is -0.767. The van der Waals surface area contributed by atoms with Gasteiger partial charge < -0.3 is 10.4 Å². The standard InChI is InChI=1S/C12H14BrNO3S/c1-18-7-11(15)14-10(6-12(16)17)8-2-4-9(13)5-3-8/h2-5,10H,6-7H2,1H3,(H,14,15)(H,16,17). The van der Waals surface area contributed by atoms with Gasteiger partial charge in [-0.05, 0) is 24.0 Å². The number of carbonyl (C=O) groups excluding carboxylic acids is 1. The van der Waals surface area contributed by atoms with Gasteiger partial charge in [0.25, 0.3) is 0 Å². The molecule has 1 aromatic rings. The number of aliphatic carboxylic acids is 1. The van der Waals surface area contributed by atoms with Crippen LogP contribution in [-0.4, -0.2) is 29.0 Å². The fourth-order valence-corrected chi connectivity index (χ4v) is 2.10. The number of carboxylic acids is 1. The van der Waals surface area contributed by atoms with Gasteiger partial charge in [-0.15, -0.1) is 0 Å². The molecule has 0 saturated carbocycles. The van der Waals surface area contributed by atoms with E-state index in [1.54, 1.807) is 12.1 Å². The van der Waals surface area contributed by atoms with E-state index in [2.05, 4.69) is 21.2 Å². The van der Waals surface area contributed by atoms with Gasteiger partial charge in [0.2, 0.25) is 5.91 Å².